The average Bonchev–Trinajstić information content (AvgIpc) is 2.30. The molecule has 0 aliphatic carbocycles. The van der Waals surface area contributed by atoms with Gasteiger partial charge in [0.2, 0.25) is 0 Å². The summed E-state index contributed by atoms with van der Waals surface area (Å²) >= 11 is 3.04. The molecule has 0 spiro atoms. The number of halogens is 2. The van der Waals surface area contributed by atoms with Gasteiger partial charge in [0.05, 0.1) is 15.6 Å². The molecule has 0 radical (unpaired) electrons. The molecule has 1 N–H and O–H groups in total. The molecule has 0 saturated carbocycles. The highest BCUT2D eigenvalue weighted by Gasteiger charge is 2.19. The maximum absolute atomic E-state index is 13.6. The van der Waals surface area contributed by atoms with Crippen LogP contribution in [0.2, 0.25) is 0 Å². The van der Waals surface area contributed by atoms with Gasteiger partial charge in [-0.3, -0.25) is 4.79 Å². The van der Waals surface area contributed by atoms with E-state index in [2.05, 4.69) is 21.2 Å². The van der Waals surface area contributed by atoms with Gasteiger partial charge in [-0.25, -0.2) is 4.39 Å². The lowest BCUT2D eigenvalue weighted by molar-refractivity contribution is 0.0228. The second-order valence-corrected chi connectivity index (χ2v) is 5.10. The van der Waals surface area contributed by atoms with Crippen molar-refractivity contribution in [3.05, 3.63) is 34.1 Å². The average molecular weight is 304 g/mol. The molecule has 1 rings (SSSR count). The molecule has 0 atom stereocenters. The molecule has 0 unspecified atom stereocenters. The maximum Gasteiger partial charge on any atom is 0.254 e. The van der Waals surface area contributed by atoms with Gasteiger partial charge in [-0.1, -0.05) is 6.07 Å². The van der Waals surface area contributed by atoms with E-state index in [9.17, 15) is 9.18 Å². The van der Waals surface area contributed by atoms with E-state index >= 15 is 0 Å². The second-order valence-electron chi connectivity index (χ2n) is 4.25. The lowest BCUT2D eigenvalue weighted by Crippen LogP contribution is -2.40. The van der Waals surface area contributed by atoms with E-state index in [1.807, 2.05) is 13.8 Å². The molecule has 1 amide bonds. The number of hydrogen-bond donors (Lipinski definition) is 1. The van der Waals surface area contributed by atoms with Gasteiger partial charge in [-0.15, -0.1) is 0 Å². The number of hydrogen-bond acceptors (Lipinski definition) is 2. The fourth-order valence-corrected chi connectivity index (χ4v) is 1.51. The summed E-state index contributed by atoms with van der Waals surface area (Å²) < 4.78 is 19.0. The first-order chi connectivity index (χ1) is 7.87. The Kier molecular flexibility index (Phi) is 4.65. The first-order valence-electron chi connectivity index (χ1n) is 5.15. The Bertz CT molecular complexity index is 421. The Hall–Kier alpha value is -0.940. The number of amides is 1. The molecule has 17 heavy (non-hydrogen) atoms. The Morgan fingerprint density at radius 1 is 1.53 bits per heavy atom. The SMILES string of the molecule is COC(C)(C)CNC(=O)c1cccc(Br)c1F. The molecule has 5 heteroatoms. The lowest BCUT2D eigenvalue weighted by Gasteiger charge is -2.23. The zero-order valence-electron chi connectivity index (χ0n) is 10.0. The fourth-order valence-electron chi connectivity index (χ4n) is 1.14. The summed E-state index contributed by atoms with van der Waals surface area (Å²) in [5, 5.41) is 2.63. The van der Waals surface area contributed by atoms with Crippen molar-refractivity contribution < 1.29 is 13.9 Å². The lowest BCUT2D eigenvalue weighted by atomic mass is 10.1. The zero-order chi connectivity index (χ0) is 13.1. The summed E-state index contributed by atoms with van der Waals surface area (Å²) in [5.41, 5.74) is -0.454. The molecule has 0 aliphatic heterocycles. The summed E-state index contributed by atoms with van der Waals surface area (Å²) in [5.74, 6) is -1.01. The highest BCUT2D eigenvalue weighted by Crippen LogP contribution is 2.18. The Labute approximate surface area is 108 Å². The van der Waals surface area contributed by atoms with E-state index in [4.69, 9.17) is 4.74 Å². The number of ether oxygens (including phenoxy) is 1. The van der Waals surface area contributed by atoms with Crippen molar-refractivity contribution in [1.82, 2.24) is 5.32 Å². The van der Waals surface area contributed by atoms with Crippen LogP contribution in [0.25, 0.3) is 0 Å². The van der Waals surface area contributed by atoms with Gasteiger partial charge in [0.15, 0.2) is 0 Å². The molecule has 0 fully saturated rings. The fraction of sp³-hybridized carbons (Fsp3) is 0.417. The van der Waals surface area contributed by atoms with Crippen LogP contribution in [-0.2, 0) is 4.74 Å². The number of benzene rings is 1. The largest absolute Gasteiger partial charge is 0.377 e. The van der Waals surface area contributed by atoms with E-state index in [1.165, 1.54) is 6.07 Å². The monoisotopic (exact) mass is 303 g/mol. The molecule has 0 saturated heterocycles. The van der Waals surface area contributed by atoms with Crippen molar-refractivity contribution in [3.63, 3.8) is 0 Å². The summed E-state index contributed by atoms with van der Waals surface area (Å²) in [4.78, 5) is 11.8. The number of rotatable bonds is 4. The quantitative estimate of drug-likeness (QED) is 0.929. The summed E-state index contributed by atoms with van der Waals surface area (Å²) in [6, 6.07) is 4.60. The zero-order valence-corrected chi connectivity index (χ0v) is 11.6. The van der Waals surface area contributed by atoms with Crippen molar-refractivity contribution >= 4 is 21.8 Å². The normalized spacial score (nSPS) is 11.4. The second kappa shape index (κ2) is 5.60. The standard InChI is InChI=1S/C12H15BrFNO2/c1-12(2,17-3)7-15-11(16)8-5-4-6-9(13)10(8)14/h4-6H,7H2,1-3H3,(H,15,16). The van der Waals surface area contributed by atoms with Crippen LogP contribution in [0.5, 0.6) is 0 Å². The minimum Gasteiger partial charge on any atom is -0.377 e. The predicted molar refractivity (Wildman–Crippen MR) is 67.5 cm³/mol. The minimum atomic E-state index is -0.555. The van der Waals surface area contributed by atoms with Gasteiger partial charge >= 0.3 is 0 Å². The molecule has 0 heterocycles. The molecule has 0 aliphatic rings. The van der Waals surface area contributed by atoms with Gasteiger partial charge in [-0.05, 0) is 41.9 Å². The van der Waals surface area contributed by atoms with Crippen molar-refractivity contribution in [2.24, 2.45) is 0 Å². The molecular formula is C12H15BrFNO2. The van der Waals surface area contributed by atoms with Crippen LogP contribution in [-0.4, -0.2) is 25.2 Å². The maximum atomic E-state index is 13.6. The van der Waals surface area contributed by atoms with Crippen LogP contribution in [0.15, 0.2) is 22.7 Å². The van der Waals surface area contributed by atoms with E-state index in [1.54, 1.807) is 19.2 Å². The first-order valence-corrected chi connectivity index (χ1v) is 5.94. The highest BCUT2D eigenvalue weighted by atomic mass is 79.9. The van der Waals surface area contributed by atoms with Gasteiger partial charge in [0.1, 0.15) is 5.82 Å². The van der Waals surface area contributed by atoms with E-state index in [-0.39, 0.29) is 10.0 Å². The Balaban J connectivity index is 2.74. The van der Waals surface area contributed by atoms with Gasteiger partial charge in [0, 0.05) is 13.7 Å². The van der Waals surface area contributed by atoms with Crippen molar-refractivity contribution in [3.8, 4) is 0 Å². The number of carbonyl (C=O) groups is 1. The Morgan fingerprint density at radius 2 is 2.18 bits per heavy atom. The topological polar surface area (TPSA) is 38.3 Å². The summed E-state index contributed by atoms with van der Waals surface area (Å²) in [7, 11) is 1.56. The number of nitrogens with one attached hydrogen (secondary N) is 1. The van der Waals surface area contributed by atoms with E-state index < -0.39 is 17.3 Å². The van der Waals surface area contributed by atoms with Crippen LogP contribution in [0.3, 0.4) is 0 Å². The van der Waals surface area contributed by atoms with Gasteiger partial charge in [-0.2, -0.15) is 0 Å². The summed E-state index contributed by atoms with van der Waals surface area (Å²) in [6.45, 7) is 3.99. The van der Waals surface area contributed by atoms with Crippen LogP contribution in [0.1, 0.15) is 24.2 Å². The Morgan fingerprint density at radius 3 is 2.76 bits per heavy atom. The number of methoxy groups -OCH3 is 1. The molecule has 0 aromatic heterocycles. The molecule has 0 bridgehead atoms. The van der Waals surface area contributed by atoms with Crippen molar-refractivity contribution in [2.45, 2.75) is 19.4 Å². The highest BCUT2D eigenvalue weighted by molar-refractivity contribution is 9.10. The van der Waals surface area contributed by atoms with Crippen molar-refractivity contribution in [1.29, 1.82) is 0 Å². The smallest absolute Gasteiger partial charge is 0.254 e. The van der Waals surface area contributed by atoms with Crippen LogP contribution in [0, 0.1) is 5.82 Å². The molecular weight excluding hydrogens is 289 g/mol. The predicted octanol–water partition coefficient (Wildman–Crippen LogP) is 2.74. The third-order valence-corrected chi connectivity index (χ3v) is 3.04. The number of carbonyl (C=O) groups excluding carboxylic acids is 1. The van der Waals surface area contributed by atoms with Gasteiger partial charge in [0.25, 0.3) is 5.91 Å². The van der Waals surface area contributed by atoms with Crippen LogP contribution in [0.4, 0.5) is 4.39 Å². The van der Waals surface area contributed by atoms with E-state index in [0.29, 0.717) is 6.54 Å². The first kappa shape index (κ1) is 14.1. The van der Waals surface area contributed by atoms with Crippen LogP contribution < -0.4 is 5.32 Å². The molecule has 1 aromatic carbocycles. The van der Waals surface area contributed by atoms with Gasteiger partial charge < -0.3 is 10.1 Å². The molecule has 1 aromatic rings. The third-order valence-electron chi connectivity index (χ3n) is 2.42. The van der Waals surface area contributed by atoms with Crippen molar-refractivity contribution in [2.75, 3.05) is 13.7 Å². The molecule has 3 nitrogen and oxygen atoms in total. The summed E-state index contributed by atoms with van der Waals surface area (Å²) in [6.07, 6.45) is 0. The third kappa shape index (κ3) is 3.78. The van der Waals surface area contributed by atoms with Crippen LogP contribution >= 0.6 is 15.9 Å². The molecule has 94 valence electrons. The van der Waals surface area contributed by atoms with E-state index in [0.717, 1.165) is 0 Å². The minimum absolute atomic E-state index is 0.0197.